The standard InChI is InChI=1S/C12H15BrN2O/c1-8(15)5-10-6-11(3-4-12(10)13)16-9(2)7-14/h3-4,6,8-9H,5,15H2,1-2H3. The Balaban J connectivity index is 2.85. The van der Waals surface area contributed by atoms with Crippen molar-refractivity contribution in [3.05, 3.63) is 28.2 Å². The van der Waals surface area contributed by atoms with Crippen LogP contribution in [0.3, 0.4) is 0 Å². The van der Waals surface area contributed by atoms with Crippen LogP contribution < -0.4 is 10.5 Å². The van der Waals surface area contributed by atoms with Crippen LogP contribution in [-0.2, 0) is 6.42 Å². The molecule has 0 saturated heterocycles. The number of rotatable bonds is 4. The van der Waals surface area contributed by atoms with E-state index in [2.05, 4.69) is 15.9 Å². The SMILES string of the molecule is CC(N)Cc1cc(OC(C)C#N)ccc1Br. The summed E-state index contributed by atoms with van der Waals surface area (Å²) in [5.41, 5.74) is 6.85. The van der Waals surface area contributed by atoms with Gasteiger partial charge in [0, 0.05) is 10.5 Å². The molecular formula is C12H15BrN2O. The van der Waals surface area contributed by atoms with Gasteiger partial charge in [-0.3, -0.25) is 0 Å². The Morgan fingerprint density at radius 2 is 2.19 bits per heavy atom. The van der Waals surface area contributed by atoms with Gasteiger partial charge in [0.1, 0.15) is 11.8 Å². The van der Waals surface area contributed by atoms with E-state index in [4.69, 9.17) is 15.7 Å². The number of ether oxygens (including phenoxy) is 1. The second-order valence-electron chi connectivity index (χ2n) is 3.82. The molecule has 0 saturated carbocycles. The summed E-state index contributed by atoms with van der Waals surface area (Å²) < 4.78 is 6.43. The van der Waals surface area contributed by atoms with E-state index in [0.717, 1.165) is 16.5 Å². The van der Waals surface area contributed by atoms with Crippen molar-refractivity contribution >= 4 is 15.9 Å². The van der Waals surface area contributed by atoms with Crippen LogP contribution in [0, 0.1) is 11.3 Å². The van der Waals surface area contributed by atoms with Gasteiger partial charge >= 0.3 is 0 Å². The average Bonchev–Trinajstić information content (AvgIpc) is 2.22. The molecule has 1 aromatic rings. The minimum atomic E-state index is -0.440. The normalized spacial score (nSPS) is 13.9. The quantitative estimate of drug-likeness (QED) is 0.924. The summed E-state index contributed by atoms with van der Waals surface area (Å²) in [6, 6.07) is 7.79. The molecule has 2 atom stereocenters. The van der Waals surface area contributed by atoms with Gasteiger partial charge < -0.3 is 10.5 Å². The Hall–Kier alpha value is -1.05. The molecule has 1 aromatic carbocycles. The molecule has 0 aromatic heterocycles. The first-order valence-corrected chi connectivity index (χ1v) is 5.92. The van der Waals surface area contributed by atoms with E-state index in [1.54, 1.807) is 6.92 Å². The molecule has 0 spiro atoms. The van der Waals surface area contributed by atoms with Crippen molar-refractivity contribution in [1.82, 2.24) is 0 Å². The first-order chi connectivity index (χ1) is 7.52. The molecule has 0 aliphatic rings. The minimum absolute atomic E-state index is 0.0972. The van der Waals surface area contributed by atoms with Crippen molar-refractivity contribution in [3.63, 3.8) is 0 Å². The van der Waals surface area contributed by atoms with Crippen molar-refractivity contribution in [2.45, 2.75) is 32.4 Å². The number of nitrogens with zero attached hydrogens (tertiary/aromatic N) is 1. The van der Waals surface area contributed by atoms with Crippen molar-refractivity contribution < 1.29 is 4.74 Å². The lowest BCUT2D eigenvalue weighted by Crippen LogP contribution is -2.18. The maximum Gasteiger partial charge on any atom is 0.181 e. The molecular weight excluding hydrogens is 268 g/mol. The van der Waals surface area contributed by atoms with E-state index < -0.39 is 6.10 Å². The maximum absolute atomic E-state index is 8.66. The Kier molecular flexibility index (Phi) is 4.78. The van der Waals surface area contributed by atoms with Crippen molar-refractivity contribution in [3.8, 4) is 11.8 Å². The van der Waals surface area contributed by atoms with E-state index >= 15 is 0 Å². The number of nitrogens with two attached hydrogens (primary N) is 1. The third kappa shape index (κ3) is 3.84. The summed E-state index contributed by atoms with van der Waals surface area (Å²) in [5.74, 6) is 0.702. The van der Waals surface area contributed by atoms with Gasteiger partial charge in [-0.1, -0.05) is 15.9 Å². The van der Waals surface area contributed by atoms with Crippen LogP contribution in [0.4, 0.5) is 0 Å². The largest absolute Gasteiger partial charge is 0.476 e. The maximum atomic E-state index is 8.66. The van der Waals surface area contributed by atoms with Crippen LogP contribution in [-0.4, -0.2) is 12.1 Å². The minimum Gasteiger partial charge on any atom is -0.476 e. The number of nitriles is 1. The van der Waals surface area contributed by atoms with Crippen LogP contribution >= 0.6 is 15.9 Å². The molecule has 86 valence electrons. The predicted molar refractivity (Wildman–Crippen MR) is 67.2 cm³/mol. The Morgan fingerprint density at radius 1 is 1.50 bits per heavy atom. The topological polar surface area (TPSA) is 59.0 Å². The molecule has 3 nitrogen and oxygen atoms in total. The fourth-order valence-corrected chi connectivity index (χ4v) is 1.77. The summed E-state index contributed by atoms with van der Waals surface area (Å²) in [5, 5.41) is 8.66. The van der Waals surface area contributed by atoms with Gasteiger partial charge in [-0.25, -0.2) is 0 Å². The zero-order chi connectivity index (χ0) is 12.1. The zero-order valence-corrected chi connectivity index (χ0v) is 11.0. The second-order valence-corrected chi connectivity index (χ2v) is 4.68. The van der Waals surface area contributed by atoms with Crippen LogP contribution in [0.5, 0.6) is 5.75 Å². The number of hydrogen-bond acceptors (Lipinski definition) is 3. The molecule has 4 heteroatoms. The molecule has 0 heterocycles. The van der Waals surface area contributed by atoms with Crippen LogP contribution in [0.1, 0.15) is 19.4 Å². The molecule has 0 aliphatic heterocycles. The smallest absolute Gasteiger partial charge is 0.181 e. The van der Waals surface area contributed by atoms with Crippen LogP contribution in [0.25, 0.3) is 0 Å². The molecule has 16 heavy (non-hydrogen) atoms. The van der Waals surface area contributed by atoms with Crippen molar-refractivity contribution in [1.29, 1.82) is 5.26 Å². The number of hydrogen-bond donors (Lipinski definition) is 1. The summed E-state index contributed by atoms with van der Waals surface area (Å²) in [6.07, 6.45) is 0.336. The Bertz CT molecular complexity index is 398. The van der Waals surface area contributed by atoms with E-state index in [-0.39, 0.29) is 6.04 Å². The Morgan fingerprint density at radius 3 is 2.75 bits per heavy atom. The fraction of sp³-hybridized carbons (Fsp3) is 0.417. The van der Waals surface area contributed by atoms with Crippen LogP contribution in [0.15, 0.2) is 22.7 Å². The Labute approximate surface area is 104 Å². The van der Waals surface area contributed by atoms with Crippen molar-refractivity contribution in [2.24, 2.45) is 5.73 Å². The highest BCUT2D eigenvalue weighted by Crippen LogP contribution is 2.24. The highest BCUT2D eigenvalue weighted by Gasteiger charge is 2.07. The average molecular weight is 283 g/mol. The molecule has 0 aliphatic carbocycles. The molecule has 0 amide bonds. The monoisotopic (exact) mass is 282 g/mol. The number of halogens is 1. The molecule has 0 radical (unpaired) electrons. The lowest BCUT2D eigenvalue weighted by Gasteiger charge is -2.12. The van der Waals surface area contributed by atoms with Gasteiger partial charge in [0.15, 0.2) is 6.10 Å². The van der Waals surface area contributed by atoms with Crippen molar-refractivity contribution in [2.75, 3.05) is 0 Å². The van der Waals surface area contributed by atoms with E-state index in [9.17, 15) is 0 Å². The summed E-state index contributed by atoms with van der Waals surface area (Å²) in [4.78, 5) is 0. The zero-order valence-electron chi connectivity index (χ0n) is 9.40. The van der Waals surface area contributed by atoms with E-state index in [1.807, 2.05) is 31.2 Å². The highest BCUT2D eigenvalue weighted by atomic mass is 79.9. The van der Waals surface area contributed by atoms with Gasteiger partial charge in [0.05, 0.1) is 0 Å². The summed E-state index contributed by atoms with van der Waals surface area (Å²) in [7, 11) is 0. The van der Waals surface area contributed by atoms with Gasteiger partial charge in [-0.15, -0.1) is 0 Å². The van der Waals surface area contributed by atoms with Gasteiger partial charge in [-0.2, -0.15) is 5.26 Å². The first kappa shape index (κ1) is 13.0. The third-order valence-electron chi connectivity index (χ3n) is 2.05. The van der Waals surface area contributed by atoms with Gasteiger partial charge in [0.25, 0.3) is 0 Å². The molecule has 1 rings (SSSR count). The highest BCUT2D eigenvalue weighted by molar-refractivity contribution is 9.10. The van der Waals surface area contributed by atoms with Gasteiger partial charge in [-0.05, 0) is 44.0 Å². The third-order valence-corrected chi connectivity index (χ3v) is 2.83. The second kappa shape index (κ2) is 5.88. The summed E-state index contributed by atoms with van der Waals surface area (Å²) >= 11 is 3.47. The molecule has 0 fully saturated rings. The lowest BCUT2D eigenvalue weighted by molar-refractivity contribution is 0.276. The summed E-state index contributed by atoms with van der Waals surface area (Å²) in [6.45, 7) is 3.67. The fourth-order valence-electron chi connectivity index (χ4n) is 1.36. The van der Waals surface area contributed by atoms with Crippen LogP contribution in [0.2, 0.25) is 0 Å². The van der Waals surface area contributed by atoms with E-state index in [0.29, 0.717) is 5.75 Å². The lowest BCUT2D eigenvalue weighted by atomic mass is 10.1. The first-order valence-electron chi connectivity index (χ1n) is 5.13. The molecule has 0 bridgehead atoms. The molecule has 2 unspecified atom stereocenters. The van der Waals surface area contributed by atoms with Gasteiger partial charge in [0.2, 0.25) is 0 Å². The van der Waals surface area contributed by atoms with E-state index in [1.165, 1.54) is 0 Å². The molecule has 2 N–H and O–H groups in total. The predicted octanol–water partition coefficient (Wildman–Crippen LogP) is 2.63. The number of benzene rings is 1.